The fourth-order valence-corrected chi connectivity index (χ4v) is 4.29. The summed E-state index contributed by atoms with van der Waals surface area (Å²) in [5, 5.41) is 23.8. The van der Waals surface area contributed by atoms with E-state index in [2.05, 4.69) is 25.6 Å². The van der Waals surface area contributed by atoms with E-state index >= 15 is 0 Å². The van der Waals surface area contributed by atoms with Gasteiger partial charge in [0.15, 0.2) is 0 Å². The van der Waals surface area contributed by atoms with Gasteiger partial charge in [0, 0.05) is 29.2 Å². The van der Waals surface area contributed by atoms with E-state index < -0.39 is 17.5 Å². The molecule has 0 atom stereocenters. The van der Waals surface area contributed by atoms with Crippen LogP contribution in [0.4, 0.5) is 4.39 Å². The van der Waals surface area contributed by atoms with Crippen LogP contribution in [0.3, 0.4) is 0 Å². The minimum Gasteiger partial charge on any atom is -0.478 e. The Kier molecular flexibility index (Phi) is 6.42. The summed E-state index contributed by atoms with van der Waals surface area (Å²) >= 11 is 0. The predicted octanol–water partition coefficient (Wildman–Crippen LogP) is 3.72. The van der Waals surface area contributed by atoms with Crippen LogP contribution in [-0.4, -0.2) is 45.8 Å². The van der Waals surface area contributed by atoms with E-state index in [0.717, 1.165) is 33.7 Å². The van der Waals surface area contributed by atoms with E-state index in [1.54, 1.807) is 6.20 Å². The van der Waals surface area contributed by atoms with Crippen LogP contribution in [0.5, 0.6) is 0 Å². The normalized spacial score (nSPS) is 11.1. The Balaban J connectivity index is 1.51. The van der Waals surface area contributed by atoms with Crippen LogP contribution in [0.25, 0.3) is 28.2 Å². The molecule has 0 saturated carbocycles. The smallest absolute Gasteiger partial charge is 0.337 e. The molecular formula is C26H22FN7O3. The van der Waals surface area contributed by atoms with Crippen molar-refractivity contribution < 1.29 is 14.3 Å². The highest BCUT2D eigenvalue weighted by Gasteiger charge is 2.21. The van der Waals surface area contributed by atoms with Crippen molar-refractivity contribution in [3.05, 3.63) is 100 Å². The topological polar surface area (TPSA) is 132 Å². The minimum atomic E-state index is -1.32. The van der Waals surface area contributed by atoms with Gasteiger partial charge in [0.25, 0.3) is 0 Å². The van der Waals surface area contributed by atoms with E-state index in [0.29, 0.717) is 23.6 Å². The summed E-state index contributed by atoms with van der Waals surface area (Å²) in [5.41, 5.74) is 2.67. The summed E-state index contributed by atoms with van der Waals surface area (Å²) < 4.78 is 17.3. The zero-order valence-electron chi connectivity index (χ0n) is 19.8. The second-order valence-electron chi connectivity index (χ2n) is 8.37. The number of carboxylic acids is 1. The number of aromatic amines is 1. The molecule has 0 aliphatic carbocycles. The van der Waals surface area contributed by atoms with E-state index in [9.17, 15) is 19.1 Å². The number of hydrogen-bond acceptors (Lipinski definition) is 6. The Morgan fingerprint density at radius 2 is 1.89 bits per heavy atom. The molecule has 2 aromatic carbocycles. The molecule has 0 bridgehead atoms. The molecule has 10 nitrogen and oxygen atoms in total. The Hall–Kier alpha value is -4.93. The number of aromatic carboxylic acids is 1. The molecule has 37 heavy (non-hydrogen) atoms. The van der Waals surface area contributed by atoms with E-state index in [4.69, 9.17) is 0 Å². The number of tetrazole rings is 1. The van der Waals surface area contributed by atoms with Gasteiger partial charge >= 0.3 is 11.7 Å². The highest BCUT2D eigenvalue weighted by Crippen LogP contribution is 2.29. The lowest BCUT2D eigenvalue weighted by Gasteiger charge is -2.09. The summed E-state index contributed by atoms with van der Waals surface area (Å²) in [4.78, 5) is 29.6. The van der Waals surface area contributed by atoms with Gasteiger partial charge in [-0.25, -0.2) is 14.0 Å². The number of rotatable bonds is 8. The zero-order valence-corrected chi connectivity index (χ0v) is 19.8. The largest absolute Gasteiger partial charge is 0.478 e. The third-order valence-corrected chi connectivity index (χ3v) is 6.00. The number of imidazole rings is 1. The van der Waals surface area contributed by atoms with Crippen LogP contribution in [0, 0.1) is 5.82 Å². The van der Waals surface area contributed by atoms with Crippen LogP contribution < -0.4 is 5.69 Å². The zero-order chi connectivity index (χ0) is 25.9. The van der Waals surface area contributed by atoms with Gasteiger partial charge in [-0.15, -0.1) is 10.2 Å². The lowest BCUT2D eigenvalue weighted by molar-refractivity contribution is 0.0696. The molecule has 0 aliphatic heterocycles. The third kappa shape index (κ3) is 4.54. The maximum Gasteiger partial charge on any atom is 0.337 e. The van der Waals surface area contributed by atoms with E-state index in [1.165, 1.54) is 22.9 Å². The molecular weight excluding hydrogens is 477 g/mol. The number of para-hydroxylation sites is 1. The number of aryl methyl sites for hydroxylation is 1. The first-order chi connectivity index (χ1) is 18.0. The molecule has 5 rings (SSSR count). The summed E-state index contributed by atoms with van der Waals surface area (Å²) in [5.74, 6) is -1.64. The quantitative estimate of drug-likeness (QED) is 0.333. The van der Waals surface area contributed by atoms with Crippen molar-refractivity contribution >= 4 is 5.97 Å². The van der Waals surface area contributed by atoms with Crippen LogP contribution in [0.1, 0.15) is 35.1 Å². The number of pyridine rings is 1. The molecule has 186 valence electrons. The Morgan fingerprint density at radius 1 is 1.08 bits per heavy atom. The monoisotopic (exact) mass is 499 g/mol. The lowest BCUT2D eigenvalue weighted by atomic mass is 10.0. The molecule has 0 saturated heterocycles. The van der Waals surface area contributed by atoms with Crippen molar-refractivity contribution in [2.75, 3.05) is 0 Å². The van der Waals surface area contributed by atoms with Gasteiger partial charge in [0.05, 0.1) is 17.8 Å². The number of nitrogens with one attached hydrogen (secondary N) is 1. The molecule has 3 heterocycles. The average molecular weight is 500 g/mol. The minimum absolute atomic E-state index is 0.144. The molecule has 0 spiro atoms. The summed E-state index contributed by atoms with van der Waals surface area (Å²) in [6.07, 6.45) is 4.50. The van der Waals surface area contributed by atoms with Crippen molar-refractivity contribution in [3.8, 4) is 28.2 Å². The van der Waals surface area contributed by atoms with E-state index in [1.807, 2.05) is 43.3 Å². The molecule has 5 aromatic rings. The fraction of sp³-hybridized carbons (Fsp3) is 0.154. The molecule has 11 heteroatoms. The fourth-order valence-electron chi connectivity index (χ4n) is 4.29. The van der Waals surface area contributed by atoms with Gasteiger partial charge in [0.1, 0.15) is 11.5 Å². The molecule has 0 aliphatic rings. The molecule has 0 radical (unpaired) electrons. The van der Waals surface area contributed by atoms with Crippen molar-refractivity contribution in [3.63, 3.8) is 0 Å². The summed E-state index contributed by atoms with van der Waals surface area (Å²) in [6, 6.07) is 15.0. The summed E-state index contributed by atoms with van der Waals surface area (Å²) in [6.45, 7) is 2.11. The molecule has 0 unspecified atom stereocenters. The van der Waals surface area contributed by atoms with Crippen LogP contribution >= 0.6 is 0 Å². The van der Waals surface area contributed by atoms with Crippen molar-refractivity contribution in [1.29, 1.82) is 0 Å². The maximum atomic E-state index is 14.7. The number of halogens is 1. The van der Waals surface area contributed by atoms with Crippen molar-refractivity contribution in [2.45, 2.75) is 26.3 Å². The maximum absolute atomic E-state index is 14.7. The Morgan fingerprint density at radius 3 is 2.57 bits per heavy atom. The SMILES string of the molecule is CCCc1cn(-c2c(F)cccc2C(=O)O)c(=O)n1Cc1ccc(-c2ccccc2-c2nn[nH]n2)cn1. The highest BCUT2D eigenvalue weighted by molar-refractivity contribution is 5.92. The van der Waals surface area contributed by atoms with Gasteiger partial charge < -0.3 is 5.11 Å². The lowest BCUT2D eigenvalue weighted by Crippen LogP contribution is -2.26. The standard InChI is InChI=1S/C26H22FN7O3/c1-2-6-18-15-34(23-21(25(35)36)9-5-10-22(23)27)26(37)33(18)14-17-12-11-16(13-28-17)19-7-3-4-8-20(19)24-29-31-32-30-24/h3-5,7-13,15H,2,6,14H2,1H3,(H,35,36)(H,29,30,31,32). The highest BCUT2D eigenvalue weighted by atomic mass is 19.1. The van der Waals surface area contributed by atoms with Gasteiger partial charge in [-0.1, -0.05) is 49.7 Å². The predicted molar refractivity (Wildman–Crippen MR) is 133 cm³/mol. The molecule has 3 aromatic heterocycles. The second kappa shape index (κ2) is 9.97. The van der Waals surface area contributed by atoms with Gasteiger partial charge in [-0.3, -0.25) is 14.1 Å². The Bertz CT molecular complexity index is 1620. The molecule has 0 fully saturated rings. The Labute approximate surface area is 210 Å². The first-order valence-electron chi connectivity index (χ1n) is 11.6. The van der Waals surface area contributed by atoms with Crippen LogP contribution in [-0.2, 0) is 13.0 Å². The number of benzene rings is 2. The van der Waals surface area contributed by atoms with Crippen molar-refractivity contribution in [2.24, 2.45) is 0 Å². The average Bonchev–Trinajstić information content (AvgIpc) is 3.54. The number of hydrogen-bond donors (Lipinski definition) is 2. The number of carbonyl (C=O) groups is 1. The van der Waals surface area contributed by atoms with Crippen LogP contribution in [0.2, 0.25) is 0 Å². The number of aromatic nitrogens is 7. The second-order valence-corrected chi connectivity index (χ2v) is 8.37. The van der Waals surface area contributed by atoms with Crippen molar-refractivity contribution in [1.82, 2.24) is 34.7 Å². The first-order valence-corrected chi connectivity index (χ1v) is 11.6. The molecule has 2 N–H and O–H groups in total. The van der Waals surface area contributed by atoms with Crippen LogP contribution in [0.15, 0.2) is 71.8 Å². The van der Waals surface area contributed by atoms with Gasteiger partial charge in [0.2, 0.25) is 5.82 Å². The molecule has 0 amide bonds. The number of H-pyrrole nitrogens is 1. The number of nitrogens with zero attached hydrogens (tertiary/aromatic N) is 6. The summed E-state index contributed by atoms with van der Waals surface area (Å²) in [7, 11) is 0. The third-order valence-electron chi connectivity index (χ3n) is 6.00. The van der Waals surface area contributed by atoms with Gasteiger partial charge in [-0.05, 0) is 35.4 Å². The first kappa shape index (κ1) is 23.8. The van der Waals surface area contributed by atoms with E-state index in [-0.39, 0.29) is 17.8 Å². The number of carboxylic acid groups (broad SMARTS) is 1. The van der Waals surface area contributed by atoms with Gasteiger partial charge in [-0.2, -0.15) is 5.21 Å².